The SMILES string of the molecule is Cc1ccc2c(-c3ccc(C(C)(C)C)cc3)c3c(-c4ccc(C(C)(C)C)cc4)c4cc(C)c(C)cc4c(-c4ccc(C(C)(C)C)cc4)c3c(-c3ccc(C(C)(C)C)cc3)c2c1. The minimum absolute atomic E-state index is 0.0412. The molecular weight excluding hydrogens is 733 g/mol. The van der Waals surface area contributed by atoms with Crippen LogP contribution in [0.3, 0.4) is 0 Å². The van der Waals surface area contributed by atoms with Gasteiger partial charge in [-0.1, -0.05) is 216 Å². The Morgan fingerprint density at radius 3 is 0.770 bits per heavy atom. The fourth-order valence-corrected chi connectivity index (χ4v) is 9.35. The highest BCUT2D eigenvalue weighted by Gasteiger charge is 2.28. The lowest BCUT2D eigenvalue weighted by atomic mass is 9.76. The minimum Gasteiger partial charge on any atom is -0.0587 e. The second-order valence-electron chi connectivity index (χ2n) is 22.1. The van der Waals surface area contributed by atoms with Gasteiger partial charge in [0.2, 0.25) is 0 Å². The molecule has 310 valence electrons. The first-order valence-electron chi connectivity index (χ1n) is 22.4. The molecule has 0 saturated heterocycles. The van der Waals surface area contributed by atoms with Crippen molar-refractivity contribution in [3.8, 4) is 44.5 Å². The third-order valence-corrected chi connectivity index (χ3v) is 13.3. The number of aryl methyl sites for hydroxylation is 3. The zero-order valence-corrected chi connectivity index (χ0v) is 39.6. The molecule has 0 N–H and O–H groups in total. The van der Waals surface area contributed by atoms with Gasteiger partial charge in [-0.15, -0.1) is 0 Å². The van der Waals surface area contributed by atoms with Gasteiger partial charge in [0.1, 0.15) is 0 Å². The van der Waals surface area contributed by atoms with Crippen LogP contribution in [0, 0.1) is 20.8 Å². The van der Waals surface area contributed by atoms with E-state index in [-0.39, 0.29) is 21.7 Å². The van der Waals surface area contributed by atoms with Crippen LogP contribution in [-0.2, 0) is 21.7 Å². The Morgan fingerprint density at radius 1 is 0.262 bits per heavy atom. The van der Waals surface area contributed by atoms with E-state index in [1.165, 1.54) is 116 Å². The molecule has 8 aromatic rings. The van der Waals surface area contributed by atoms with E-state index in [9.17, 15) is 0 Å². The highest BCUT2D eigenvalue weighted by atomic mass is 14.3. The van der Waals surface area contributed by atoms with E-state index >= 15 is 0 Å². The number of fused-ring (bicyclic) bond motifs is 3. The molecule has 61 heavy (non-hydrogen) atoms. The van der Waals surface area contributed by atoms with Crippen molar-refractivity contribution in [1.29, 1.82) is 0 Å². The third-order valence-electron chi connectivity index (χ3n) is 13.3. The fraction of sp³-hybridized carbons (Fsp3) is 0.311. The molecule has 0 aliphatic carbocycles. The van der Waals surface area contributed by atoms with Crippen LogP contribution in [0.1, 0.15) is 122 Å². The first-order chi connectivity index (χ1) is 28.5. The van der Waals surface area contributed by atoms with Gasteiger partial charge in [0.25, 0.3) is 0 Å². The predicted octanol–water partition coefficient (Wildman–Crippen LogP) is 17.9. The van der Waals surface area contributed by atoms with Crippen LogP contribution in [0.15, 0.2) is 127 Å². The summed E-state index contributed by atoms with van der Waals surface area (Å²) in [6, 6.07) is 50.2. The molecule has 0 aliphatic heterocycles. The van der Waals surface area contributed by atoms with E-state index < -0.39 is 0 Å². The maximum absolute atomic E-state index is 2.48. The average Bonchev–Trinajstić information content (AvgIpc) is 3.19. The summed E-state index contributed by atoms with van der Waals surface area (Å²) in [7, 11) is 0. The van der Waals surface area contributed by atoms with Gasteiger partial charge in [-0.05, 0) is 153 Å². The Labute approximate surface area is 367 Å². The van der Waals surface area contributed by atoms with Crippen LogP contribution in [0.5, 0.6) is 0 Å². The second-order valence-corrected chi connectivity index (χ2v) is 22.1. The van der Waals surface area contributed by atoms with E-state index in [4.69, 9.17) is 0 Å². The molecule has 0 aromatic heterocycles. The second kappa shape index (κ2) is 14.9. The number of hydrogen-bond donors (Lipinski definition) is 0. The van der Waals surface area contributed by atoms with Gasteiger partial charge in [0.15, 0.2) is 0 Å². The summed E-state index contributed by atoms with van der Waals surface area (Å²) in [4.78, 5) is 0. The van der Waals surface area contributed by atoms with Gasteiger partial charge in [0, 0.05) is 0 Å². The zero-order valence-electron chi connectivity index (χ0n) is 39.6. The number of benzene rings is 8. The van der Waals surface area contributed by atoms with Gasteiger partial charge in [0.05, 0.1) is 0 Å². The van der Waals surface area contributed by atoms with Gasteiger partial charge in [-0.25, -0.2) is 0 Å². The lowest BCUT2D eigenvalue weighted by Gasteiger charge is -2.27. The van der Waals surface area contributed by atoms with Crippen molar-refractivity contribution in [2.75, 3.05) is 0 Å². The molecule has 0 aliphatic rings. The van der Waals surface area contributed by atoms with Crippen LogP contribution < -0.4 is 0 Å². The van der Waals surface area contributed by atoms with Crippen molar-refractivity contribution in [2.45, 2.75) is 126 Å². The highest BCUT2D eigenvalue weighted by molar-refractivity contribution is 6.34. The van der Waals surface area contributed by atoms with E-state index in [0.717, 1.165) is 0 Å². The Balaban J connectivity index is 1.70. The maximum Gasteiger partial charge on any atom is -0.000139 e. The Hall–Kier alpha value is -5.46. The molecule has 0 spiro atoms. The molecule has 0 bridgehead atoms. The lowest BCUT2D eigenvalue weighted by Crippen LogP contribution is -2.11. The maximum atomic E-state index is 2.48. The van der Waals surface area contributed by atoms with E-state index in [2.05, 4.69) is 231 Å². The Bertz CT molecular complexity index is 2940. The lowest BCUT2D eigenvalue weighted by molar-refractivity contribution is 0.590. The molecule has 0 atom stereocenters. The Kier molecular flexibility index (Phi) is 10.3. The van der Waals surface area contributed by atoms with Gasteiger partial charge < -0.3 is 0 Å². The van der Waals surface area contributed by atoms with Crippen molar-refractivity contribution >= 4 is 32.3 Å². The number of rotatable bonds is 4. The molecule has 0 unspecified atom stereocenters. The van der Waals surface area contributed by atoms with E-state index in [1.54, 1.807) is 0 Å². The van der Waals surface area contributed by atoms with Crippen LogP contribution in [0.25, 0.3) is 76.8 Å². The smallest absolute Gasteiger partial charge is 0.000139 e. The van der Waals surface area contributed by atoms with Crippen LogP contribution in [0.4, 0.5) is 0 Å². The molecule has 0 radical (unpaired) electrons. The van der Waals surface area contributed by atoms with Crippen molar-refractivity contribution < 1.29 is 0 Å². The van der Waals surface area contributed by atoms with Crippen molar-refractivity contribution in [2.24, 2.45) is 0 Å². The zero-order chi connectivity index (χ0) is 44.0. The average molecular weight is 799 g/mol. The topological polar surface area (TPSA) is 0 Å². The fourth-order valence-electron chi connectivity index (χ4n) is 9.35. The molecular formula is C61H66. The van der Waals surface area contributed by atoms with Crippen LogP contribution >= 0.6 is 0 Å². The van der Waals surface area contributed by atoms with Gasteiger partial charge in [-0.2, -0.15) is 0 Å². The van der Waals surface area contributed by atoms with Crippen molar-refractivity contribution in [3.05, 3.63) is 166 Å². The summed E-state index contributed by atoms with van der Waals surface area (Å²) in [5.74, 6) is 0. The van der Waals surface area contributed by atoms with Crippen molar-refractivity contribution in [1.82, 2.24) is 0 Å². The summed E-state index contributed by atoms with van der Waals surface area (Å²) in [6.07, 6.45) is 0. The summed E-state index contributed by atoms with van der Waals surface area (Å²) in [5, 5.41) is 7.77. The number of hydrogen-bond acceptors (Lipinski definition) is 0. The summed E-state index contributed by atoms with van der Waals surface area (Å²) in [6.45, 7) is 34.5. The molecule has 8 aromatic carbocycles. The summed E-state index contributed by atoms with van der Waals surface area (Å²) >= 11 is 0. The van der Waals surface area contributed by atoms with Gasteiger partial charge >= 0.3 is 0 Å². The third kappa shape index (κ3) is 7.73. The standard InChI is InChI=1S/C61H66/c1-37-16-33-48-49(34-37)53(41-19-27-45(28-20-41)59(7,8)9)57-55(43-23-31-47(32-24-43)61(13,14)15)51-36-39(3)38(2)35-50(51)54(42-21-29-46(30-22-42)60(10,11)12)56(57)52(48)40-17-25-44(26-18-40)58(4,5)6/h16-36H,1-15H3. The van der Waals surface area contributed by atoms with Crippen LogP contribution in [-0.4, -0.2) is 0 Å². The monoisotopic (exact) mass is 799 g/mol. The van der Waals surface area contributed by atoms with Crippen molar-refractivity contribution in [3.63, 3.8) is 0 Å². The normalized spacial score (nSPS) is 12.8. The Morgan fingerprint density at radius 2 is 0.508 bits per heavy atom. The molecule has 0 heteroatoms. The quantitative estimate of drug-likeness (QED) is 0.156. The van der Waals surface area contributed by atoms with E-state index in [0.29, 0.717) is 0 Å². The predicted molar refractivity (Wildman–Crippen MR) is 270 cm³/mol. The minimum atomic E-state index is 0.0412. The molecule has 0 heterocycles. The van der Waals surface area contributed by atoms with E-state index in [1.807, 2.05) is 0 Å². The molecule has 0 saturated carbocycles. The summed E-state index contributed by atoms with van der Waals surface area (Å²) in [5.41, 5.74) is 19.6. The first kappa shape index (κ1) is 42.2. The first-order valence-corrected chi connectivity index (χ1v) is 22.4. The largest absolute Gasteiger partial charge is 0.0587 e. The van der Waals surface area contributed by atoms with Crippen LogP contribution in [0.2, 0.25) is 0 Å². The molecule has 0 amide bonds. The summed E-state index contributed by atoms with van der Waals surface area (Å²) < 4.78 is 0. The molecule has 8 rings (SSSR count). The van der Waals surface area contributed by atoms with Gasteiger partial charge in [-0.3, -0.25) is 0 Å². The molecule has 0 nitrogen and oxygen atoms in total. The highest BCUT2D eigenvalue weighted by Crippen LogP contribution is 2.54. The molecule has 0 fully saturated rings.